The van der Waals surface area contributed by atoms with E-state index < -0.39 is 18.1 Å². The van der Waals surface area contributed by atoms with Gasteiger partial charge in [0.2, 0.25) is 5.91 Å². The Morgan fingerprint density at radius 2 is 1.97 bits per heavy atom. The molecule has 1 aliphatic carbocycles. The summed E-state index contributed by atoms with van der Waals surface area (Å²) in [4.78, 5) is 56.3. The highest BCUT2D eigenvalue weighted by atomic mass is 32.1. The lowest BCUT2D eigenvalue weighted by Gasteiger charge is -2.16. The fraction of sp³-hybridized carbons (Fsp3) is 0.296. The topological polar surface area (TPSA) is 106 Å². The van der Waals surface area contributed by atoms with Crippen LogP contribution in [0.25, 0.3) is 10.6 Å². The molecule has 0 saturated carbocycles. The third-order valence-electron chi connectivity index (χ3n) is 6.47. The minimum absolute atomic E-state index is 0.189. The number of nitrogens with zero attached hydrogens (tertiary/aromatic N) is 2. The largest absolute Gasteiger partial charge is 0.442 e. The van der Waals surface area contributed by atoms with Crippen molar-refractivity contribution in [2.45, 2.75) is 32.3 Å². The standard InChI is InChI=1S/C27H25N3O5S/c1-16(31)28-13-20-14-30(27(34)35-20)19-10-11-21-18(12-19)8-5-9-22(24(21)32)25(33)23-15-36-26(29-23)17-6-3-2-4-7-17/h2-4,6-7,10-12,15,20,22H,5,8-9,13-14H2,1H3,(H,28,31)/t20-,22+/m0/s1. The van der Waals surface area contributed by atoms with E-state index in [2.05, 4.69) is 10.3 Å². The first-order valence-corrected chi connectivity index (χ1v) is 12.7. The SMILES string of the molecule is CC(=O)NC[C@H]1CN(c2ccc3c(c2)CCC[C@@H](C(=O)c2csc(-c4ccccc4)n2)C3=O)C(=O)O1. The molecule has 2 atom stereocenters. The number of hydrogen-bond acceptors (Lipinski definition) is 7. The van der Waals surface area contributed by atoms with Crippen LogP contribution in [0, 0.1) is 5.92 Å². The Hall–Kier alpha value is -3.85. The van der Waals surface area contributed by atoms with Gasteiger partial charge in [0, 0.05) is 29.1 Å². The van der Waals surface area contributed by atoms with Crippen LogP contribution in [0.3, 0.4) is 0 Å². The van der Waals surface area contributed by atoms with Crippen LogP contribution in [0.1, 0.15) is 46.2 Å². The minimum Gasteiger partial charge on any atom is -0.442 e. The van der Waals surface area contributed by atoms with Gasteiger partial charge in [0.15, 0.2) is 11.6 Å². The van der Waals surface area contributed by atoms with E-state index in [1.807, 2.05) is 36.4 Å². The van der Waals surface area contributed by atoms with Crippen molar-refractivity contribution in [2.75, 3.05) is 18.0 Å². The summed E-state index contributed by atoms with van der Waals surface area (Å²) >= 11 is 1.39. The molecule has 3 aromatic rings. The first-order valence-electron chi connectivity index (χ1n) is 11.9. The molecule has 0 unspecified atom stereocenters. The Balaban J connectivity index is 1.33. The maximum atomic E-state index is 13.4. The highest BCUT2D eigenvalue weighted by Gasteiger charge is 2.35. The number of carbonyl (C=O) groups excluding carboxylic acids is 4. The number of carbonyl (C=O) groups is 4. The normalized spacial score (nSPS) is 19.4. The number of thiazole rings is 1. The quantitative estimate of drug-likeness (QED) is 0.306. The van der Waals surface area contributed by atoms with Crippen LogP contribution in [0.15, 0.2) is 53.9 Å². The zero-order valence-electron chi connectivity index (χ0n) is 19.7. The first-order chi connectivity index (χ1) is 17.4. The molecule has 2 amide bonds. The molecule has 1 saturated heterocycles. The Morgan fingerprint density at radius 1 is 1.17 bits per heavy atom. The van der Waals surface area contributed by atoms with Crippen molar-refractivity contribution in [3.63, 3.8) is 0 Å². The molecule has 5 rings (SSSR count). The van der Waals surface area contributed by atoms with Crippen LogP contribution < -0.4 is 10.2 Å². The second-order valence-corrected chi connectivity index (χ2v) is 9.83. The second kappa shape index (κ2) is 10.0. The number of anilines is 1. The van der Waals surface area contributed by atoms with E-state index >= 15 is 0 Å². The number of Topliss-reactive ketones (excluding diaryl/α,β-unsaturated/α-hetero) is 2. The van der Waals surface area contributed by atoms with Crippen LogP contribution in [-0.2, 0) is 16.0 Å². The molecule has 184 valence electrons. The van der Waals surface area contributed by atoms with E-state index in [-0.39, 0.29) is 24.0 Å². The zero-order chi connectivity index (χ0) is 25.2. The molecule has 36 heavy (non-hydrogen) atoms. The highest BCUT2D eigenvalue weighted by Crippen LogP contribution is 2.32. The number of aryl methyl sites for hydroxylation is 1. The second-order valence-electron chi connectivity index (χ2n) is 8.97. The fourth-order valence-electron chi connectivity index (χ4n) is 4.64. The molecular formula is C27H25N3O5S. The maximum Gasteiger partial charge on any atom is 0.414 e. The number of cyclic esters (lactones) is 1. The Labute approximate surface area is 212 Å². The van der Waals surface area contributed by atoms with Crippen molar-refractivity contribution in [1.82, 2.24) is 10.3 Å². The monoisotopic (exact) mass is 503 g/mol. The van der Waals surface area contributed by atoms with E-state index in [1.54, 1.807) is 17.5 Å². The summed E-state index contributed by atoms with van der Waals surface area (Å²) < 4.78 is 5.35. The predicted molar refractivity (Wildman–Crippen MR) is 135 cm³/mol. The fourth-order valence-corrected chi connectivity index (χ4v) is 5.45. The Kier molecular flexibility index (Phi) is 6.65. The smallest absolute Gasteiger partial charge is 0.414 e. The van der Waals surface area contributed by atoms with Crippen molar-refractivity contribution < 1.29 is 23.9 Å². The molecule has 9 heteroatoms. The number of aromatic nitrogens is 1. The number of fused-ring (bicyclic) bond motifs is 1. The highest BCUT2D eigenvalue weighted by molar-refractivity contribution is 7.13. The molecule has 2 heterocycles. The van der Waals surface area contributed by atoms with Gasteiger partial charge in [-0.1, -0.05) is 30.3 Å². The van der Waals surface area contributed by atoms with Crippen LogP contribution in [0.4, 0.5) is 10.5 Å². The van der Waals surface area contributed by atoms with Crippen molar-refractivity contribution in [1.29, 1.82) is 0 Å². The van der Waals surface area contributed by atoms with Gasteiger partial charge in [-0.2, -0.15) is 0 Å². The van der Waals surface area contributed by atoms with Gasteiger partial charge in [-0.15, -0.1) is 11.3 Å². The van der Waals surface area contributed by atoms with Crippen molar-refractivity contribution >= 4 is 40.6 Å². The molecule has 1 N–H and O–H groups in total. The van der Waals surface area contributed by atoms with Gasteiger partial charge < -0.3 is 10.1 Å². The van der Waals surface area contributed by atoms with Gasteiger partial charge >= 0.3 is 6.09 Å². The molecule has 1 fully saturated rings. The van der Waals surface area contributed by atoms with Gasteiger partial charge in [0.05, 0.1) is 19.0 Å². The zero-order valence-corrected chi connectivity index (χ0v) is 20.5. The summed E-state index contributed by atoms with van der Waals surface area (Å²) in [6.07, 6.45) is 0.816. The number of nitrogens with one attached hydrogen (secondary N) is 1. The molecule has 8 nitrogen and oxygen atoms in total. The van der Waals surface area contributed by atoms with Crippen molar-refractivity contribution in [2.24, 2.45) is 5.92 Å². The molecule has 0 spiro atoms. The lowest BCUT2D eigenvalue weighted by atomic mass is 9.90. The number of ketones is 2. The number of amides is 2. The summed E-state index contributed by atoms with van der Waals surface area (Å²) in [6, 6.07) is 14.9. The average molecular weight is 504 g/mol. The van der Waals surface area contributed by atoms with Gasteiger partial charge in [-0.25, -0.2) is 9.78 Å². The minimum atomic E-state index is -0.776. The van der Waals surface area contributed by atoms with E-state index in [1.165, 1.54) is 23.2 Å². The summed E-state index contributed by atoms with van der Waals surface area (Å²) in [6.45, 7) is 1.96. The number of ether oxygens (including phenoxy) is 1. The van der Waals surface area contributed by atoms with Crippen LogP contribution in [-0.4, -0.2) is 47.7 Å². The maximum absolute atomic E-state index is 13.4. The first kappa shape index (κ1) is 23.9. The predicted octanol–water partition coefficient (Wildman–Crippen LogP) is 4.29. The number of hydrogen-bond donors (Lipinski definition) is 1. The molecule has 2 aliphatic rings. The third kappa shape index (κ3) is 4.79. The lowest BCUT2D eigenvalue weighted by molar-refractivity contribution is -0.119. The summed E-state index contributed by atoms with van der Waals surface area (Å²) in [7, 11) is 0. The molecule has 1 aliphatic heterocycles. The van der Waals surface area contributed by atoms with Crippen LogP contribution in [0.2, 0.25) is 0 Å². The Morgan fingerprint density at radius 3 is 2.75 bits per heavy atom. The van der Waals surface area contributed by atoms with Gasteiger partial charge in [0.25, 0.3) is 0 Å². The van der Waals surface area contributed by atoms with E-state index in [9.17, 15) is 19.2 Å². The van der Waals surface area contributed by atoms with Gasteiger partial charge in [-0.05, 0) is 43.0 Å². The van der Waals surface area contributed by atoms with Crippen molar-refractivity contribution in [3.8, 4) is 10.6 Å². The van der Waals surface area contributed by atoms with Crippen LogP contribution in [0.5, 0.6) is 0 Å². The molecule has 0 radical (unpaired) electrons. The Bertz CT molecular complexity index is 1340. The summed E-state index contributed by atoms with van der Waals surface area (Å²) in [5.41, 5.74) is 3.21. The van der Waals surface area contributed by atoms with Gasteiger partial charge in [0.1, 0.15) is 16.8 Å². The van der Waals surface area contributed by atoms with E-state index in [0.717, 1.165) is 16.1 Å². The van der Waals surface area contributed by atoms with Crippen molar-refractivity contribution in [3.05, 3.63) is 70.7 Å². The number of rotatable bonds is 6. The molecule has 2 aromatic carbocycles. The molecular weight excluding hydrogens is 478 g/mol. The average Bonchev–Trinajstić information content (AvgIpc) is 3.48. The lowest BCUT2D eigenvalue weighted by Crippen LogP contribution is -2.33. The summed E-state index contributed by atoms with van der Waals surface area (Å²) in [5, 5.41) is 5.13. The summed E-state index contributed by atoms with van der Waals surface area (Å²) in [5.74, 6) is -1.42. The van der Waals surface area contributed by atoms with Gasteiger partial charge in [-0.3, -0.25) is 19.3 Å². The van der Waals surface area contributed by atoms with E-state index in [0.29, 0.717) is 42.8 Å². The third-order valence-corrected chi connectivity index (χ3v) is 7.36. The van der Waals surface area contributed by atoms with Crippen LogP contribution >= 0.6 is 11.3 Å². The van der Waals surface area contributed by atoms with E-state index in [4.69, 9.17) is 4.74 Å². The number of benzene rings is 2. The molecule has 0 bridgehead atoms. The molecule has 1 aromatic heterocycles.